The van der Waals surface area contributed by atoms with E-state index in [2.05, 4.69) is 5.32 Å². The minimum absolute atomic E-state index is 0.122. The Bertz CT molecular complexity index is 418. The zero-order chi connectivity index (χ0) is 13.5. The van der Waals surface area contributed by atoms with Gasteiger partial charge >= 0.3 is 0 Å². The van der Waals surface area contributed by atoms with E-state index in [9.17, 15) is 4.79 Å². The summed E-state index contributed by atoms with van der Waals surface area (Å²) in [4.78, 5) is 12.0. The standard InChI is InChI=1S/C13H18N2O2S/c1-2-11(12(14)18)13(17)15-8-7-9-3-5-10(16)6-4-9/h3-6,11,16H,2,7-8H2,1H3,(H2,14,18)(H,15,17). The van der Waals surface area contributed by atoms with Gasteiger partial charge in [0.05, 0.1) is 10.9 Å². The maximum Gasteiger partial charge on any atom is 0.229 e. The zero-order valence-electron chi connectivity index (χ0n) is 10.3. The van der Waals surface area contributed by atoms with E-state index in [1.54, 1.807) is 12.1 Å². The van der Waals surface area contributed by atoms with Crippen LogP contribution in [0.3, 0.4) is 0 Å². The van der Waals surface area contributed by atoms with Crippen molar-refractivity contribution >= 4 is 23.1 Å². The minimum Gasteiger partial charge on any atom is -0.508 e. The number of carbonyl (C=O) groups is 1. The zero-order valence-corrected chi connectivity index (χ0v) is 11.2. The molecule has 1 unspecified atom stereocenters. The van der Waals surface area contributed by atoms with E-state index < -0.39 is 0 Å². The summed E-state index contributed by atoms with van der Waals surface area (Å²) in [6.07, 6.45) is 1.32. The summed E-state index contributed by atoms with van der Waals surface area (Å²) in [6.45, 7) is 2.41. The molecule has 0 aliphatic carbocycles. The predicted octanol–water partition coefficient (Wildman–Crippen LogP) is 1.36. The molecule has 1 atom stereocenters. The lowest BCUT2D eigenvalue weighted by Gasteiger charge is -2.13. The highest BCUT2D eigenvalue weighted by Gasteiger charge is 2.18. The Hall–Kier alpha value is -1.62. The molecule has 18 heavy (non-hydrogen) atoms. The van der Waals surface area contributed by atoms with Crippen molar-refractivity contribution < 1.29 is 9.90 Å². The molecular formula is C13H18N2O2S. The first-order valence-corrected chi connectivity index (χ1v) is 6.30. The molecular weight excluding hydrogens is 248 g/mol. The number of hydrogen-bond acceptors (Lipinski definition) is 3. The summed E-state index contributed by atoms with van der Waals surface area (Å²) >= 11 is 4.84. The van der Waals surface area contributed by atoms with Crippen LogP contribution < -0.4 is 11.1 Å². The average Bonchev–Trinajstić information content (AvgIpc) is 2.32. The number of hydrogen-bond donors (Lipinski definition) is 3. The van der Waals surface area contributed by atoms with Crippen LogP contribution in [0, 0.1) is 5.92 Å². The SMILES string of the molecule is CCC(C(=O)NCCc1ccc(O)cc1)C(N)=S. The first kappa shape index (κ1) is 14.4. The van der Waals surface area contributed by atoms with Gasteiger partial charge in [-0.3, -0.25) is 4.79 Å². The Balaban J connectivity index is 2.39. The maximum atomic E-state index is 11.7. The summed E-state index contributed by atoms with van der Waals surface area (Å²) < 4.78 is 0. The summed E-state index contributed by atoms with van der Waals surface area (Å²) in [6, 6.07) is 6.90. The normalized spacial score (nSPS) is 11.8. The molecule has 4 N–H and O–H groups in total. The lowest BCUT2D eigenvalue weighted by atomic mass is 10.1. The highest BCUT2D eigenvalue weighted by molar-refractivity contribution is 7.80. The molecule has 5 heteroatoms. The molecule has 0 aliphatic heterocycles. The van der Waals surface area contributed by atoms with Crippen molar-refractivity contribution in [3.8, 4) is 5.75 Å². The van der Waals surface area contributed by atoms with Crippen molar-refractivity contribution in [2.45, 2.75) is 19.8 Å². The van der Waals surface area contributed by atoms with Gasteiger partial charge in [0.25, 0.3) is 0 Å². The van der Waals surface area contributed by atoms with Gasteiger partial charge in [0.1, 0.15) is 5.75 Å². The number of rotatable bonds is 6. The van der Waals surface area contributed by atoms with E-state index in [0.29, 0.717) is 19.4 Å². The van der Waals surface area contributed by atoms with Gasteiger partial charge in [-0.15, -0.1) is 0 Å². The van der Waals surface area contributed by atoms with Crippen molar-refractivity contribution in [1.82, 2.24) is 5.32 Å². The number of benzene rings is 1. The molecule has 0 bridgehead atoms. The summed E-state index contributed by atoms with van der Waals surface area (Å²) in [5.74, 6) is -0.272. The predicted molar refractivity (Wildman–Crippen MR) is 75.4 cm³/mol. The van der Waals surface area contributed by atoms with E-state index in [1.165, 1.54) is 0 Å². The molecule has 4 nitrogen and oxygen atoms in total. The van der Waals surface area contributed by atoms with Gasteiger partial charge in [-0.25, -0.2) is 0 Å². The highest BCUT2D eigenvalue weighted by Crippen LogP contribution is 2.09. The third kappa shape index (κ3) is 4.33. The van der Waals surface area contributed by atoms with Crippen LogP contribution in [0.1, 0.15) is 18.9 Å². The Kier molecular flexibility index (Phi) is 5.58. The number of carbonyl (C=O) groups excluding carboxylic acids is 1. The third-order valence-electron chi connectivity index (χ3n) is 2.72. The summed E-state index contributed by atoms with van der Waals surface area (Å²) in [5.41, 5.74) is 6.54. The van der Waals surface area contributed by atoms with Crippen LogP contribution in [0.25, 0.3) is 0 Å². The van der Waals surface area contributed by atoms with Crippen LogP contribution in [-0.4, -0.2) is 22.5 Å². The minimum atomic E-state index is -0.389. The maximum absolute atomic E-state index is 11.7. The van der Waals surface area contributed by atoms with Gasteiger partial charge in [-0.05, 0) is 30.5 Å². The number of aromatic hydroxyl groups is 1. The fourth-order valence-corrected chi connectivity index (χ4v) is 1.91. The Morgan fingerprint density at radius 3 is 2.56 bits per heavy atom. The van der Waals surface area contributed by atoms with Gasteiger partial charge in [-0.2, -0.15) is 0 Å². The molecule has 1 aromatic rings. The monoisotopic (exact) mass is 266 g/mol. The first-order valence-electron chi connectivity index (χ1n) is 5.89. The molecule has 0 aliphatic rings. The Morgan fingerprint density at radius 2 is 2.06 bits per heavy atom. The number of nitrogens with two attached hydrogens (primary N) is 1. The molecule has 0 radical (unpaired) electrons. The van der Waals surface area contributed by atoms with Gasteiger partial charge in [0.15, 0.2) is 0 Å². The number of thiocarbonyl (C=S) groups is 1. The van der Waals surface area contributed by atoms with Crippen LogP contribution in [0.15, 0.2) is 24.3 Å². The van der Waals surface area contributed by atoms with Crippen molar-refractivity contribution in [3.05, 3.63) is 29.8 Å². The van der Waals surface area contributed by atoms with Crippen molar-refractivity contribution in [2.75, 3.05) is 6.54 Å². The lowest BCUT2D eigenvalue weighted by molar-refractivity contribution is -0.123. The van der Waals surface area contributed by atoms with Crippen LogP contribution in [0.4, 0.5) is 0 Å². The topological polar surface area (TPSA) is 75.3 Å². The van der Waals surface area contributed by atoms with E-state index in [4.69, 9.17) is 23.1 Å². The van der Waals surface area contributed by atoms with Crippen LogP contribution in [0.2, 0.25) is 0 Å². The molecule has 0 saturated heterocycles. The van der Waals surface area contributed by atoms with Crippen molar-refractivity contribution in [2.24, 2.45) is 11.7 Å². The molecule has 98 valence electrons. The number of phenolic OH excluding ortho intramolecular Hbond substituents is 1. The van der Waals surface area contributed by atoms with Gasteiger partial charge in [0, 0.05) is 6.54 Å². The number of nitrogens with one attached hydrogen (secondary N) is 1. The molecule has 1 aromatic carbocycles. The van der Waals surface area contributed by atoms with Crippen molar-refractivity contribution in [3.63, 3.8) is 0 Å². The van der Waals surface area contributed by atoms with Gasteiger partial charge in [-0.1, -0.05) is 31.3 Å². The fourth-order valence-electron chi connectivity index (χ4n) is 1.63. The van der Waals surface area contributed by atoms with E-state index >= 15 is 0 Å². The molecule has 1 rings (SSSR count). The number of amides is 1. The van der Waals surface area contributed by atoms with Crippen LogP contribution in [0.5, 0.6) is 5.75 Å². The molecule has 0 fully saturated rings. The highest BCUT2D eigenvalue weighted by atomic mass is 32.1. The smallest absolute Gasteiger partial charge is 0.229 e. The Labute approximate surface area is 112 Å². The summed E-state index contributed by atoms with van der Waals surface area (Å²) in [7, 11) is 0. The van der Waals surface area contributed by atoms with E-state index in [-0.39, 0.29) is 22.6 Å². The second kappa shape index (κ2) is 6.96. The fraction of sp³-hybridized carbons (Fsp3) is 0.385. The van der Waals surface area contributed by atoms with E-state index in [0.717, 1.165) is 5.56 Å². The second-order valence-electron chi connectivity index (χ2n) is 4.07. The van der Waals surface area contributed by atoms with Crippen LogP contribution in [-0.2, 0) is 11.2 Å². The summed E-state index contributed by atoms with van der Waals surface area (Å²) in [5, 5.41) is 11.9. The first-order chi connectivity index (χ1) is 8.54. The molecule has 0 heterocycles. The average molecular weight is 266 g/mol. The quantitative estimate of drug-likeness (QED) is 0.680. The van der Waals surface area contributed by atoms with E-state index in [1.807, 2.05) is 19.1 Å². The lowest BCUT2D eigenvalue weighted by Crippen LogP contribution is -2.38. The molecule has 1 amide bonds. The third-order valence-corrected chi connectivity index (χ3v) is 3.00. The van der Waals surface area contributed by atoms with Gasteiger partial charge in [0.2, 0.25) is 5.91 Å². The molecule has 0 saturated carbocycles. The molecule has 0 spiro atoms. The van der Waals surface area contributed by atoms with Gasteiger partial charge < -0.3 is 16.2 Å². The van der Waals surface area contributed by atoms with Crippen LogP contribution >= 0.6 is 12.2 Å². The number of phenols is 1. The largest absolute Gasteiger partial charge is 0.508 e. The second-order valence-corrected chi connectivity index (χ2v) is 4.54. The molecule has 0 aromatic heterocycles. The van der Waals surface area contributed by atoms with Crippen molar-refractivity contribution in [1.29, 1.82) is 0 Å². The Morgan fingerprint density at radius 1 is 1.44 bits per heavy atom.